The highest BCUT2D eigenvalue weighted by molar-refractivity contribution is 7.89. The standard InChI is InChI=1S/C18H18N4O5S/c1-12-7-8-14(9-13(12)2)28(25,26)19-10-17(23)27-11-22-18(24)15-5-3-4-6-16(15)20-21-22/h3-9,19H,10-11H2,1-2H3. The fourth-order valence-electron chi connectivity index (χ4n) is 2.41. The van der Waals surface area contributed by atoms with Gasteiger partial charge < -0.3 is 4.74 Å². The van der Waals surface area contributed by atoms with Crippen LogP contribution >= 0.6 is 0 Å². The summed E-state index contributed by atoms with van der Waals surface area (Å²) in [4.78, 5) is 24.2. The van der Waals surface area contributed by atoms with Gasteiger partial charge >= 0.3 is 5.97 Å². The maximum atomic E-state index is 12.3. The van der Waals surface area contributed by atoms with E-state index < -0.39 is 34.8 Å². The molecule has 9 nitrogen and oxygen atoms in total. The van der Waals surface area contributed by atoms with Crippen molar-refractivity contribution < 1.29 is 17.9 Å². The Morgan fingerprint density at radius 2 is 1.89 bits per heavy atom. The van der Waals surface area contributed by atoms with Crippen molar-refractivity contribution in [2.45, 2.75) is 25.5 Å². The van der Waals surface area contributed by atoms with Gasteiger partial charge in [0.2, 0.25) is 10.0 Å². The van der Waals surface area contributed by atoms with Crippen molar-refractivity contribution >= 4 is 26.9 Å². The van der Waals surface area contributed by atoms with Gasteiger partial charge in [-0.05, 0) is 49.2 Å². The van der Waals surface area contributed by atoms with E-state index in [1.54, 1.807) is 37.3 Å². The number of hydrogen-bond donors (Lipinski definition) is 1. The second-order valence-corrected chi connectivity index (χ2v) is 7.89. The summed E-state index contributed by atoms with van der Waals surface area (Å²) in [5.41, 5.74) is 1.74. The lowest BCUT2D eigenvalue weighted by molar-refractivity contribution is -0.146. The van der Waals surface area contributed by atoms with Crippen LogP contribution in [0.3, 0.4) is 0 Å². The van der Waals surface area contributed by atoms with Crippen molar-refractivity contribution in [3.63, 3.8) is 0 Å². The monoisotopic (exact) mass is 402 g/mol. The molecule has 2 aromatic carbocycles. The Morgan fingerprint density at radius 1 is 1.14 bits per heavy atom. The van der Waals surface area contributed by atoms with Gasteiger partial charge in [-0.2, -0.15) is 9.40 Å². The molecule has 0 amide bonds. The van der Waals surface area contributed by atoms with E-state index in [2.05, 4.69) is 15.0 Å². The maximum absolute atomic E-state index is 12.3. The number of fused-ring (bicyclic) bond motifs is 1. The van der Waals surface area contributed by atoms with E-state index in [1.165, 1.54) is 12.1 Å². The van der Waals surface area contributed by atoms with Crippen molar-refractivity contribution in [3.8, 4) is 0 Å². The number of hydrogen-bond acceptors (Lipinski definition) is 7. The van der Waals surface area contributed by atoms with Crippen molar-refractivity contribution in [2.24, 2.45) is 0 Å². The summed E-state index contributed by atoms with van der Waals surface area (Å²) < 4.78 is 32.5. The normalized spacial score (nSPS) is 11.5. The van der Waals surface area contributed by atoms with Crippen LogP contribution in [-0.2, 0) is 26.3 Å². The minimum Gasteiger partial charge on any atom is -0.441 e. The van der Waals surface area contributed by atoms with Crippen LogP contribution < -0.4 is 10.3 Å². The average Bonchev–Trinajstić information content (AvgIpc) is 2.68. The number of carbonyl (C=O) groups excluding carboxylic acids is 1. The molecule has 3 rings (SSSR count). The second-order valence-electron chi connectivity index (χ2n) is 6.13. The summed E-state index contributed by atoms with van der Waals surface area (Å²) in [6, 6.07) is 11.3. The number of benzene rings is 2. The molecule has 0 aliphatic rings. The van der Waals surface area contributed by atoms with Crippen molar-refractivity contribution in [1.82, 2.24) is 19.7 Å². The zero-order valence-electron chi connectivity index (χ0n) is 15.2. The quantitative estimate of drug-likeness (QED) is 0.608. The van der Waals surface area contributed by atoms with E-state index in [9.17, 15) is 18.0 Å². The van der Waals surface area contributed by atoms with Gasteiger partial charge in [-0.1, -0.05) is 23.4 Å². The van der Waals surface area contributed by atoms with Crippen LogP contribution in [0, 0.1) is 13.8 Å². The van der Waals surface area contributed by atoms with E-state index in [0.717, 1.165) is 15.8 Å². The van der Waals surface area contributed by atoms with Crippen molar-refractivity contribution in [3.05, 3.63) is 63.9 Å². The van der Waals surface area contributed by atoms with Crippen LogP contribution in [0.2, 0.25) is 0 Å². The van der Waals surface area contributed by atoms with Crippen molar-refractivity contribution in [1.29, 1.82) is 0 Å². The fourth-order valence-corrected chi connectivity index (χ4v) is 3.46. The molecule has 1 N–H and O–H groups in total. The number of esters is 1. The van der Waals surface area contributed by atoms with Crippen LogP contribution in [-0.4, -0.2) is 35.9 Å². The molecular formula is C18H18N4O5S. The summed E-state index contributed by atoms with van der Waals surface area (Å²) in [5.74, 6) is -0.853. The largest absolute Gasteiger partial charge is 0.441 e. The number of carbonyl (C=O) groups is 1. The van der Waals surface area contributed by atoms with E-state index in [0.29, 0.717) is 10.9 Å². The molecule has 146 valence electrons. The Labute approximate surface area is 161 Å². The minimum atomic E-state index is -3.86. The van der Waals surface area contributed by atoms with Crippen LogP contribution in [0.1, 0.15) is 11.1 Å². The third-order valence-electron chi connectivity index (χ3n) is 4.17. The van der Waals surface area contributed by atoms with Crippen LogP contribution in [0.25, 0.3) is 10.9 Å². The Morgan fingerprint density at radius 3 is 2.64 bits per heavy atom. The van der Waals surface area contributed by atoms with Gasteiger partial charge in [0.25, 0.3) is 5.56 Å². The van der Waals surface area contributed by atoms with Crippen LogP contribution in [0.15, 0.2) is 52.2 Å². The van der Waals surface area contributed by atoms with E-state index in [1.807, 2.05) is 6.92 Å². The molecule has 0 saturated carbocycles. The topological polar surface area (TPSA) is 120 Å². The first kappa shape index (κ1) is 19.6. The number of aryl methyl sites for hydroxylation is 2. The molecule has 1 aromatic heterocycles. The Kier molecular flexibility index (Phi) is 5.52. The van der Waals surface area contributed by atoms with Gasteiger partial charge in [-0.15, -0.1) is 5.10 Å². The molecule has 0 spiro atoms. The van der Waals surface area contributed by atoms with E-state index in [4.69, 9.17) is 4.74 Å². The summed E-state index contributed by atoms with van der Waals surface area (Å²) in [6.07, 6.45) is 0. The van der Waals surface area contributed by atoms with E-state index in [-0.39, 0.29) is 4.90 Å². The Balaban J connectivity index is 1.62. The third-order valence-corrected chi connectivity index (χ3v) is 5.57. The van der Waals surface area contributed by atoms with Crippen LogP contribution in [0.5, 0.6) is 0 Å². The number of sulfonamides is 1. The molecule has 28 heavy (non-hydrogen) atoms. The summed E-state index contributed by atoms with van der Waals surface area (Å²) in [7, 11) is -3.86. The predicted molar refractivity (Wildman–Crippen MR) is 101 cm³/mol. The van der Waals surface area contributed by atoms with Gasteiger partial charge in [-0.25, -0.2) is 8.42 Å². The number of nitrogens with one attached hydrogen (secondary N) is 1. The van der Waals surface area contributed by atoms with Crippen molar-refractivity contribution in [2.75, 3.05) is 6.54 Å². The molecule has 10 heteroatoms. The molecule has 0 saturated heterocycles. The molecule has 0 fully saturated rings. The number of nitrogens with zero attached hydrogens (tertiary/aromatic N) is 3. The molecule has 0 bridgehead atoms. The van der Waals surface area contributed by atoms with Crippen LogP contribution in [0.4, 0.5) is 0 Å². The first-order chi connectivity index (χ1) is 13.3. The lowest BCUT2D eigenvalue weighted by Crippen LogP contribution is -2.32. The highest BCUT2D eigenvalue weighted by atomic mass is 32.2. The Bertz CT molecular complexity index is 1200. The third kappa shape index (κ3) is 4.24. The van der Waals surface area contributed by atoms with Gasteiger partial charge in [0.1, 0.15) is 12.1 Å². The van der Waals surface area contributed by atoms with E-state index >= 15 is 0 Å². The fraction of sp³-hybridized carbons (Fsp3) is 0.222. The molecule has 0 unspecified atom stereocenters. The van der Waals surface area contributed by atoms with Gasteiger partial charge in [0.05, 0.1) is 10.3 Å². The number of aromatic nitrogens is 3. The molecule has 1 heterocycles. The average molecular weight is 402 g/mol. The SMILES string of the molecule is Cc1ccc(S(=O)(=O)NCC(=O)OCn2nnc3ccccc3c2=O)cc1C. The molecular weight excluding hydrogens is 384 g/mol. The molecule has 3 aromatic rings. The minimum absolute atomic E-state index is 0.0556. The molecule has 0 radical (unpaired) electrons. The highest BCUT2D eigenvalue weighted by Crippen LogP contribution is 2.14. The Hall–Kier alpha value is -3.11. The smallest absolute Gasteiger partial charge is 0.322 e. The lowest BCUT2D eigenvalue weighted by Gasteiger charge is -2.09. The lowest BCUT2D eigenvalue weighted by atomic mass is 10.1. The molecule has 0 aliphatic carbocycles. The second kappa shape index (κ2) is 7.87. The zero-order chi connectivity index (χ0) is 20.3. The van der Waals surface area contributed by atoms with Gasteiger partial charge in [0, 0.05) is 0 Å². The summed E-state index contributed by atoms with van der Waals surface area (Å²) >= 11 is 0. The predicted octanol–water partition coefficient (Wildman–Crippen LogP) is 0.888. The summed E-state index contributed by atoms with van der Waals surface area (Å²) in [6.45, 7) is 2.62. The first-order valence-corrected chi connectivity index (χ1v) is 9.81. The van der Waals surface area contributed by atoms with Gasteiger partial charge in [0.15, 0.2) is 6.73 Å². The molecule has 0 atom stereocenters. The number of ether oxygens (including phenoxy) is 1. The number of rotatable bonds is 6. The highest BCUT2D eigenvalue weighted by Gasteiger charge is 2.17. The zero-order valence-corrected chi connectivity index (χ0v) is 16.1. The first-order valence-electron chi connectivity index (χ1n) is 8.33. The maximum Gasteiger partial charge on any atom is 0.322 e. The van der Waals surface area contributed by atoms with Gasteiger partial charge in [-0.3, -0.25) is 9.59 Å². The summed E-state index contributed by atoms with van der Waals surface area (Å²) in [5, 5.41) is 7.90. The molecule has 0 aliphatic heterocycles.